The molecule has 90 valence electrons. The van der Waals surface area contributed by atoms with Crippen molar-refractivity contribution in [3.05, 3.63) is 35.4 Å². The minimum absolute atomic E-state index is 0.348. The molecule has 0 radical (unpaired) electrons. The van der Waals surface area contributed by atoms with Crippen LogP contribution in [0.3, 0.4) is 0 Å². The van der Waals surface area contributed by atoms with Crippen LogP contribution in [0.15, 0.2) is 27.4 Å². The van der Waals surface area contributed by atoms with Gasteiger partial charge in [-0.25, -0.2) is 9.37 Å². The highest BCUT2D eigenvalue weighted by atomic mass is 32.2. The molecule has 6 heteroatoms. The zero-order chi connectivity index (χ0) is 12.4. The highest BCUT2D eigenvalue weighted by molar-refractivity contribution is 8.01. The topological polar surface area (TPSA) is 46.0 Å². The average Bonchev–Trinajstić information content (AvgIpc) is 2.66. The molecular formula is C11H11FN2OS2. The van der Waals surface area contributed by atoms with Crippen LogP contribution in [0.1, 0.15) is 24.4 Å². The molecular weight excluding hydrogens is 259 g/mol. The SMILES string of the molecule is Cc1nsc(Sc2ccc(F)cc2C(C)O)n1. The highest BCUT2D eigenvalue weighted by Crippen LogP contribution is 2.34. The summed E-state index contributed by atoms with van der Waals surface area (Å²) in [5.74, 6) is 0.372. The van der Waals surface area contributed by atoms with Gasteiger partial charge in [-0.15, -0.1) is 0 Å². The molecule has 0 aliphatic heterocycles. The summed E-state index contributed by atoms with van der Waals surface area (Å²) in [6, 6.07) is 4.38. The molecule has 0 saturated heterocycles. The molecule has 1 aromatic carbocycles. The van der Waals surface area contributed by atoms with E-state index >= 15 is 0 Å². The molecule has 0 saturated carbocycles. The standard InChI is InChI=1S/C11H11FN2OS2/c1-6(15)9-5-8(12)3-4-10(9)16-11-13-7(2)14-17-11/h3-6,15H,1-2H3. The van der Waals surface area contributed by atoms with Gasteiger partial charge < -0.3 is 5.11 Å². The monoisotopic (exact) mass is 270 g/mol. The van der Waals surface area contributed by atoms with Gasteiger partial charge in [0.05, 0.1) is 6.10 Å². The van der Waals surface area contributed by atoms with E-state index in [4.69, 9.17) is 0 Å². The summed E-state index contributed by atoms with van der Waals surface area (Å²) < 4.78 is 18.0. The van der Waals surface area contributed by atoms with Crippen LogP contribution < -0.4 is 0 Å². The number of halogens is 1. The molecule has 1 unspecified atom stereocenters. The second-order valence-electron chi connectivity index (χ2n) is 3.57. The molecule has 17 heavy (non-hydrogen) atoms. The first-order valence-corrected chi connectivity index (χ1v) is 6.61. The maximum Gasteiger partial charge on any atom is 0.174 e. The van der Waals surface area contributed by atoms with Crippen molar-refractivity contribution in [2.75, 3.05) is 0 Å². The lowest BCUT2D eigenvalue weighted by molar-refractivity contribution is 0.196. The summed E-state index contributed by atoms with van der Waals surface area (Å²) in [5, 5.41) is 9.60. The maximum absolute atomic E-state index is 13.1. The molecule has 1 atom stereocenters. The average molecular weight is 270 g/mol. The number of rotatable bonds is 3. The van der Waals surface area contributed by atoms with Crippen molar-refractivity contribution >= 4 is 23.3 Å². The molecule has 2 rings (SSSR count). The Kier molecular flexibility index (Phi) is 3.76. The van der Waals surface area contributed by atoms with Gasteiger partial charge in [-0.2, -0.15) is 4.37 Å². The van der Waals surface area contributed by atoms with Crippen molar-refractivity contribution < 1.29 is 9.50 Å². The van der Waals surface area contributed by atoms with Crippen LogP contribution in [-0.2, 0) is 0 Å². The number of aliphatic hydroxyl groups is 1. The van der Waals surface area contributed by atoms with Crippen LogP contribution in [0.4, 0.5) is 4.39 Å². The van der Waals surface area contributed by atoms with Gasteiger partial charge in [0.25, 0.3) is 0 Å². The summed E-state index contributed by atoms with van der Waals surface area (Å²) in [5.41, 5.74) is 0.572. The molecule has 0 amide bonds. The molecule has 1 N–H and O–H groups in total. The number of aliphatic hydroxyl groups excluding tert-OH is 1. The highest BCUT2D eigenvalue weighted by Gasteiger charge is 2.12. The molecule has 2 aromatic rings. The van der Waals surface area contributed by atoms with Gasteiger partial charge in [0.1, 0.15) is 11.6 Å². The van der Waals surface area contributed by atoms with E-state index in [1.165, 1.54) is 35.4 Å². The van der Waals surface area contributed by atoms with E-state index in [0.717, 1.165) is 15.1 Å². The lowest BCUT2D eigenvalue weighted by Gasteiger charge is -2.10. The van der Waals surface area contributed by atoms with E-state index in [0.29, 0.717) is 5.56 Å². The van der Waals surface area contributed by atoms with Gasteiger partial charge in [-0.05, 0) is 49.1 Å². The zero-order valence-corrected chi connectivity index (χ0v) is 11.0. The van der Waals surface area contributed by atoms with Crippen molar-refractivity contribution in [3.8, 4) is 0 Å². The number of nitrogens with zero attached hydrogens (tertiary/aromatic N) is 2. The number of aryl methyl sites for hydroxylation is 1. The van der Waals surface area contributed by atoms with Crippen molar-refractivity contribution in [2.45, 2.75) is 29.2 Å². The third-order valence-corrected chi connectivity index (χ3v) is 4.06. The van der Waals surface area contributed by atoms with Crippen molar-refractivity contribution in [1.82, 2.24) is 9.36 Å². The Morgan fingerprint density at radius 1 is 1.47 bits per heavy atom. The Hall–Kier alpha value is -0.980. The zero-order valence-electron chi connectivity index (χ0n) is 9.35. The Morgan fingerprint density at radius 3 is 2.82 bits per heavy atom. The van der Waals surface area contributed by atoms with E-state index in [1.54, 1.807) is 13.0 Å². The molecule has 0 aliphatic carbocycles. The van der Waals surface area contributed by atoms with E-state index < -0.39 is 6.10 Å². The van der Waals surface area contributed by atoms with Gasteiger partial charge in [-0.3, -0.25) is 0 Å². The first kappa shape index (κ1) is 12.5. The lowest BCUT2D eigenvalue weighted by atomic mass is 10.1. The van der Waals surface area contributed by atoms with Crippen LogP contribution >= 0.6 is 23.3 Å². The Bertz CT molecular complexity index is 528. The Morgan fingerprint density at radius 2 is 2.24 bits per heavy atom. The first-order valence-electron chi connectivity index (χ1n) is 5.02. The van der Waals surface area contributed by atoms with Crippen LogP contribution in [0, 0.1) is 12.7 Å². The predicted molar refractivity (Wildman–Crippen MR) is 65.8 cm³/mol. The summed E-state index contributed by atoms with van der Waals surface area (Å²) in [6.45, 7) is 3.44. The van der Waals surface area contributed by atoms with Gasteiger partial charge >= 0.3 is 0 Å². The summed E-state index contributed by atoms with van der Waals surface area (Å²) in [6.07, 6.45) is -0.706. The van der Waals surface area contributed by atoms with E-state index in [2.05, 4.69) is 9.36 Å². The molecule has 1 heterocycles. The van der Waals surface area contributed by atoms with Crippen molar-refractivity contribution in [2.24, 2.45) is 0 Å². The fraction of sp³-hybridized carbons (Fsp3) is 0.273. The molecule has 3 nitrogen and oxygen atoms in total. The quantitative estimate of drug-likeness (QED) is 0.930. The normalized spacial score (nSPS) is 12.7. The minimum Gasteiger partial charge on any atom is -0.389 e. The summed E-state index contributed by atoms with van der Waals surface area (Å²) in [4.78, 5) is 5.03. The molecule has 1 aromatic heterocycles. The largest absolute Gasteiger partial charge is 0.389 e. The van der Waals surface area contributed by atoms with Crippen LogP contribution in [0.5, 0.6) is 0 Å². The van der Waals surface area contributed by atoms with Gasteiger partial charge in [0.15, 0.2) is 4.34 Å². The van der Waals surface area contributed by atoms with E-state index in [-0.39, 0.29) is 5.82 Å². The van der Waals surface area contributed by atoms with Crippen LogP contribution in [0.2, 0.25) is 0 Å². The fourth-order valence-corrected chi connectivity index (χ4v) is 3.16. The van der Waals surface area contributed by atoms with Gasteiger partial charge in [0.2, 0.25) is 0 Å². The van der Waals surface area contributed by atoms with Crippen molar-refractivity contribution in [1.29, 1.82) is 0 Å². The Labute approximate surface area is 107 Å². The van der Waals surface area contributed by atoms with E-state index in [9.17, 15) is 9.50 Å². The molecule has 0 spiro atoms. The number of hydrogen-bond donors (Lipinski definition) is 1. The van der Waals surface area contributed by atoms with E-state index in [1.807, 2.05) is 6.92 Å². The smallest absolute Gasteiger partial charge is 0.174 e. The second-order valence-corrected chi connectivity index (χ2v) is 5.61. The maximum atomic E-state index is 13.1. The molecule has 0 aliphatic rings. The van der Waals surface area contributed by atoms with Gasteiger partial charge in [0, 0.05) is 4.90 Å². The Balaban J connectivity index is 2.32. The molecule has 0 fully saturated rings. The second kappa shape index (κ2) is 5.12. The third kappa shape index (κ3) is 3.02. The van der Waals surface area contributed by atoms with Crippen molar-refractivity contribution in [3.63, 3.8) is 0 Å². The first-order chi connectivity index (χ1) is 8.06. The number of aromatic nitrogens is 2. The lowest BCUT2D eigenvalue weighted by Crippen LogP contribution is -1.95. The fourth-order valence-electron chi connectivity index (χ4n) is 1.35. The summed E-state index contributed by atoms with van der Waals surface area (Å²) in [7, 11) is 0. The summed E-state index contributed by atoms with van der Waals surface area (Å²) >= 11 is 2.69. The van der Waals surface area contributed by atoms with Crippen LogP contribution in [0.25, 0.3) is 0 Å². The predicted octanol–water partition coefficient (Wildman–Crippen LogP) is 3.19. The molecule has 0 bridgehead atoms. The minimum atomic E-state index is -0.706. The van der Waals surface area contributed by atoms with Crippen LogP contribution in [-0.4, -0.2) is 14.5 Å². The van der Waals surface area contributed by atoms with Gasteiger partial charge in [-0.1, -0.05) is 11.8 Å². The third-order valence-electron chi connectivity index (χ3n) is 2.13. The number of hydrogen-bond acceptors (Lipinski definition) is 5. The number of benzene rings is 1.